The Morgan fingerprint density at radius 3 is 2.16 bits per heavy atom. The van der Waals surface area contributed by atoms with Crippen LogP contribution < -0.4 is 0 Å². The Hall–Kier alpha value is -0.590. The van der Waals surface area contributed by atoms with Gasteiger partial charge in [-0.1, -0.05) is 31.3 Å². The van der Waals surface area contributed by atoms with Gasteiger partial charge >= 0.3 is 0 Å². The summed E-state index contributed by atoms with van der Waals surface area (Å²) in [7, 11) is 0. The van der Waals surface area contributed by atoms with Gasteiger partial charge in [0.25, 0.3) is 0 Å². The van der Waals surface area contributed by atoms with E-state index in [4.69, 9.17) is 0 Å². The highest BCUT2D eigenvalue weighted by Gasteiger charge is 2.44. The van der Waals surface area contributed by atoms with Crippen molar-refractivity contribution in [1.82, 2.24) is 0 Å². The molecule has 1 heteroatoms. The SMILES string of the molecule is O=C1CCC2=C1C1CCCCC1CC1CCCCC21. The zero-order valence-corrected chi connectivity index (χ0v) is 12.0. The molecule has 0 spiro atoms. The van der Waals surface area contributed by atoms with Crippen LogP contribution in [0.2, 0.25) is 0 Å². The second-order valence-corrected chi connectivity index (χ2v) is 7.40. The van der Waals surface area contributed by atoms with E-state index in [2.05, 4.69) is 0 Å². The first kappa shape index (κ1) is 12.2. The van der Waals surface area contributed by atoms with Crippen LogP contribution in [0.1, 0.15) is 70.6 Å². The third-order valence-electron chi connectivity index (χ3n) is 6.51. The van der Waals surface area contributed by atoms with Crippen LogP contribution in [0.3, 0.4) is 0 Å². The number of fused-ring (bicyclic) bond motifs is 4. The number of Topliss-reactive ketones (excluding diaryl/α,β-unsaturated/α-hetero) is 1. The van der Waals surface area contributed by atoms with E-state index in [9.17, 15) is 4.79 Å². The molecule has 4 rings (SSSR count). The molecule has 2 saturated carbocycles. The summed E-state index contributed by atoms with van der Waals surface area (Å²) in [5.41, 5.74) is 3.03. The van der Waals surface area contributed by atoms with Crippen molar-refractivity contribution in [3.05, 3.63) is 11.1 Å². The lowest BCUT2D eigenvalue weighted by Gasteiger charge is -2.35. The molecule has 2 fully saturated rings. The topological polar surface area (TPSA) is 17.1 Å². The quantitative estimate of drug-likeness (QED) is 0.617. The Bertz CT molecular complexity index is 419. The molecule has 4 aliphatic rings. The average molecular weight is 258 g/mol. The summed E-state index contributed by atoms with van der Waals surface area (Å²) in [6, 6.07) is 0. The van der Waals surface area contributed by atoms with Crippen molar-refractivity contribution in [2.24, 2.45) is 23.7 Å². The minimum atomic E-state index is 0.540. The number of rotatable bonds is 0. The molecular formula is C18H26O. The molecule has 0 bridgehead atoms. The second kappa shape index (κ2) is 4.75. The zero-order chi connectivity index (χ0) is 12.8. The van der Waals surface area contributed by atoms with Crippen LogP contribution >= 0.6 is 0 Å². The molecule has 0 heterocycles. The predicted molar refractivity (Wildman–Crippen MR) is 76.8 cm³/mol. The smallest absolute Gasteiger partial charge is 0.159 e. The van der Waals surface area contributed by atoms with Gasteiger partial charge in [0.05, 0.1) is 0 Å². The minimum Gasteiger partial charge on any atom is -0.295 e. The first-order valence-corrected chi connectivity index (χ1v) is 8.60. The van der Waals surface area contributed by atoms with Crippen molar-refractivity contribution in [2.75, 3.05) is 0 Å². The summed E-state index contributed by atoms with van der Waals surface area (Å²) in [4.78, 5) is 12.4. The number of allylic oxidation sites excluding steroid dienone is 2. The van der Waals surface area contributed by atoms with Crippen LogP contribution in [-0.2, 0) is 4.79 Å². The molecule has 0 radical (unpaired) electrons. The highest BCUT2D eigenvalue weighted by atomic mass is 16.1. The lowest BCUT2D eigenvalue weighted by Crippen LogP contribution is -2.25. The number of carbonyl (C=O) groups excluding carboxylic acids is 1. The first-order valence-electron chi connectivity index (χ1n) is 8.60. The molecule has 0 aromatic rings. The van der Waals surface area contributed by atoms with Gasteiger partial charge in [-0.05, 0) is 67.8 Å². The van der Waals surface area contributed by atoms with E-state index in [0.717, 1.165) is 30.6 Å². The van der Waals surface area contributed by atoms with Gasteiger partial charge in [-0.15, -0.1) is 0 Å². The van der Waals surface area contributed by atoms with Gasteiger partial charge in [-0.25, -0.2) is 0 Å². The van der Waals surface area contributed by atoms with Crippen LogP contribution in [0.4, 0.5) is 0 Å². The van der Waals surface area contributed by atoms with Crippen LogP contribution in [0.25, 0.3) is 0 Å². The molecule has 0 aromatic carbocycles. The van der Waals surface area contributed by atoms with Gasteiger partial charge in [0.2, 0.25) is 0 Å². The fourth-order valence-corrected chi connectivity index (χ4v) is 5.73. The van der Waals surface area contributed by atoms with Gasteiger partial charge < -0.3 is 0 Å². The summed E-state index contributed by atoms with van der Waals surface area (Å²) in [5.74, 6) is 3.80. The highest BCUT2D eigenvalue weighted by molar-refractivity contribution is 5.99. The van der Waals surface area contributed by atoms with Crippen molar-refractivity contribution in [3.8, 4) is 0 Å². The number of carbonyl (C=O) groups is 1. The summed E-state index contributed by atoms with van der Waals surface area (Å²) in [6.07, 6.45) is 14.6. The minimum absolute atomic E-state index is 0.540. The van der Waals surface area contributed by atoms with Gasteiger partial charge in [-0.3, -0.25) is 4.79 Å². The fraction of sp³-hybridized carbons (Fsp3) is 0.833. The molecule has 19 heavy (non-hydrogen) atoms. The highest BCUT2D eigenvalue weighted by Crippen LogP contribution is 2.53. The molecule has 0 aliphatic heterocycles. The van der Waals surface area contributed by atoms with E-state index in [-0.39, 0.29) is 0 Å². The Morgan fingerprint density at radius 2 is 1.37 bits per heavy atom. The zero-order valence-electron chi connectivity index (χ0n) is 12.0. The van der Waals surface area contributed by atoms with E-state index >= 15 is 0 Å². The van der Waals surface area contributed by atoms with Crippen LogP contribution in [0.5, 0.6) is 0 Å². The maximum Gasteiger partial charge on any atom is 0.159 e. The van der Waals surface area contributed by atoms with E-state index in [0.29, 0.717) is 11.7 Å². The monoisotopic (exact) mass is 258 g/mol. The molecule has 4 atom stereocenters. The van der Waals surface area contributed by atoms with Crippen LogP contribution in [-0.4, -0.2) is 5.78 Å². The van der Waals surface area contributed by atoms with Gasteiger partial charge in [0, 0.05) is 6.42 Å². The average Bonchev–Trinajstić information content (AvgIpc) is 2.75. The molecule has 4 unspecified atom stereocenters. The molecule has 104 valence electrons. The summed E-state index contributed by atoms with van der Waals surface area (Å²) >= 11 is 0. The third kappa shape index (κ3) is 1.92. The molecule has 0 amide bonds. The predicted octanol–water partition coefficient (Wildman–Crippen LogP) is 4.66. The normalized spacial score (nSPS) is 42.4. The Labute approximate surface area is 116 Å². The molecule has 0 N–H and O–H groups in total. The van der Waals surface area contributed by atoms with Crippen molar-refractivity contribution in [3.63, 3.8) is 0 Å². The molecule has 1 nitrogen and oxygen atoms in total. The van der Waals surface area contributed by atoms with E-state index < -0.39 is 0 Å². The molecular weight excluding hydrogens is 232 g/mol. The van der Waals surface area contributed by atoms with Crippen molar-refractivity contribution in [1.29, 1.82) is 0 Å². The van der Waals surface area contributed by atoms with Crippen molar-refractivity contribution in [2.45, 2.75) is 70.6 Å². The maximum atomic E-state index is 12.4. The standard InChI is InChI=1S/C18H26O/c19-17-10-9-16-14-7-3-1-5-12(14)11-13-6-2-4-8-15(13)18(16)17/h12-15H,1-11H2. The summed E-state index contributed by atoms with van der Waals surface area (Å²) < 4.78 is 0. The van der Waals surface area contributed by atoms with E-state index in [1.165, 1.54) is 63.4 Å². The second-order valence-electron chi connectivity index (χ2n) is 7.40. The van der Waals surface area contributed by atoms with Gasteiger partial charge in [0.15, 0.2) is 5.78 Å². The largest absolute Gasteiger partial charge is 0.295 e. The molecule has 4 aliphatic carbocycles. The van der Waals surface area contributed by atoms with Gasteiger partial charge in [-0.2, -0.15) is 0 Å². The summed E-state index contributed by atoms with van der Waals surface area (Å²) in [6.45, 7) is 0. The Balaban J connectivity index is 1.76. The Kier molecular flexibility index (Phi) is 3.04. The van der Waals surface area contributed by atoms with Gasteiger partial charge in [0.1, 0.15) is 0 Å². The third-order valence-corrected chi connectivity index (χ3v) is 6.51. The number of hydrogen-bond donors (Lipinski definition) is 0. The maximum absolute atomic E-state index is 12.4. The van der Waals surface area contributed by atoms with Crippen LogP contribution in [0, 0.1) is 23.7 Å². The van der Waals surface area contributed by atoms with Crippen molar-refractivity contribution < 1.29 is 4.79 Å². The number of hydrogen-bond acceptors (Lipinski definition) is 1. The lowest BCUT2D eigenvalue weighted by atomic mass is 9.70. The number of ketones is 1. The van der Waals surface area contributed by atoms with E-state index in [1.807, 2.05) is 0 Å². The molecule has 0 saturated heterocycles. The van der Waals surface area contributed by atoms with Crippen molar-refractivity contribution >= 4 is 5.78 Å². The molecule has 0 aromatic heterocycles. The lowest BCUT2D eigenvalue weighted by molar-refractivity contribution is -0.115. The van der Waals surface area contributed by atoms with E-state index in [1.54, 1.807) is 5.57 Å². The van der Waals surface area contributed by atoms with Crippen LogP contribution in [0.15, 0.2) is 11.1 Å². The first-order chi connectivity index (χ1) is 9.34. The Morgan fingerprint density at radius 1 is 0.737 bits per heavy atom. The fourth-order valence-electron chi connectivity index (χ4n) is 5.73. The summed E-state index contributed by atoms with van der Waals surface area (Å²) in [5, 5.41) is 0.